The first kappa shape index (κ1) is 52.7. The molecule has 8 nitrogen and oxygen atoms in total. The largest absolute Gasteiger partial charge is 0.545 e. The molecule has 0 aliphatic rings. The minimum atomic E-state index is -1.07. The Balaban J connectivity index is 0.000000729. The summed E-state index contributed by atoms with van der Waals surface area (Å²) in [5.41, 5.74) is 4.91. The summed E-state index contributed by atoms with van der Waals surface area (Å²) < 4.78 is 0. The van der Waals surface area contributed by atoms with E-state index in [-0.39, 0.29) is 27.3 Å². The van der Waals surface area contributed by atoms with Crippen molar-refractivity contribution in [2.75, 3.05) is 0 Å². The molecule has 0 unspecified atom stereocenters. The Labute approximate surface area is 360 Å². The third-order valence-electron chi connectivity index (χ3n) is 9.15. The monoisotopic (exact) mass is 972 g/mol. The van der Waals surface area contributed by atoms with E-state index in [1.165, 1.54) is 0 Å². The summed E-state index contributed by atoms with van der Waals surface area (Å²) in [6.45, 7) is 8.52. The average molecular weight is 972 g/mol. The van der Waals surface area contributed by atoms with Crippen molar-refractivity contribution in [3.63, 3.8) is 0 Å². The van der Waals surface area contributed by atoms with Crippen molar-refractivity contribution >= 4 is 51.2 Å². The van der Waals surface area contributed by atoms with Crippen LogP contribution in [-0.2, 0) is 25.7 Å². The molecule has 9 heteroatoms. The smallest absolute Gasteiger partial charge is 0.0718 e. The Morgan fingerprint density at radius 2 is 0.509 bits per heavy atom. The van der Waals surface area contributed by atoms with Gasteiger partial charge in [-0.05, 0) is 73.6 Å². The van der Waals surface area contributed by atoms with Crippen molar-refractivity contribution in [2.24, 2.45) is 0 Å². The fourth-order valence-corrected chi connectivity index (χ4v) is 6.01. The van der Waals surface area contributed by atoms with E-state index in [4.69, 9.17) is 0 Å². The summed E-state index contributed by atoms with van der Waals surface area (Å²) in [7, 11) is 0. The molecule has 0 heterocycles. The van der Waals surface area contributed by atoms with Crippen molar-refractivity contribution in [1.29, 1.82) is 0 Å². The van der Waals surface area contributed by atoms with Gasteiger partial charge in [-0.1, -0.05) is 176 Å². The van der Waals surface area contributed by atoms with Crippen molar-refractivity contribution in [3.05, 3.63) is 142 Å². The molecule has 0 bridgehead atoms. The molecule has 308 valence electrons. The number of benzene rings is 4. The van der Waals surface area contributed by atoms with Crippen molar-refractivity contribution in [2.45, 2.75) is 130 Å². The van der Waals surface area contributed by atoms with E-state index in [2.05, 4.69) is 27.7 Å². The van der Waals surface area contributed by atoms with Gasteiger partial charge in [-0.3, -0.25) is 0 Å². The first-order chi connectivity index (χ1) is 27.0. The maximum Gasteiger partial charge on any atom is 0.0718 e. The second-order valence-corrected chi connectivity index (χ2v) is 13.6. The number of hydrogen-bond donors (Lipinski definition) is 0. The Kier molecular flexibility index (Phi) is 30.3. The molecule has 0 fully saturated rings. The summed E-state index contributed by atoms with van der Waals surface area (Å²) in [4.78, 5) is 43.0. The summed E-state index contributed by atoms with van der Waals surface area (Å²) in [5, 5.41) is 43.0. The second-order valence-electron chi connectivity index (χ2n) is 13.6. The molecule has 4 aromatic carbocycles. The zero-order valence-electron chi connectivity index (χ0n) is 34.3. The zero-order valence-corrected chi connectivity index (χ0v) is 38.2. The van der Waals surface area contributed by atoms with Crippen LogP contribution in [0.15, 0.2) is 97.1 Å². The fourth-order valence-electron chi connectivity index (χ4n) is 6.01. The average Bonchev–Trinajstić information content (AvgIpc) is 3.19. The predicted molar refractivity (Wildman–Crippen MR) is 222 cm³/mol. The van der Waals surface area contributed by atoms with Crippen LogP contribution in [0.25, 0.3) is 0 Å². The molecule has 0 aromatic heterocycles. The van der Waals surface area contributed by atoms with Gasteiger partial charge in [0.25, 0.3) is 0 Å². The number of carboxylic acids is 4. The topological polar surface area (TPSA) is 161 Å². The number of unbranched alkanes of at least 4 members (excludes halogenated alkanes) is 8. The normalized spacial score (nSPS) is 9.89. The quantitative estimate of drug-likeness (QED) is 0.0695. The van der Waals surface area contributed by atoms with Gasteiger partial charge in [0.1, 0.15) is 0 Å². The molecular formula is C48H60O8Pb-4. The summed E-state index contributed by atoms with van der Waals surface area (Å²) in [6.07, 6.45) is 16.6. The maximum atomic E-state index is 10.7. The van der Waals surface area contributed by atoms with Crippen LogP contribution in [-0.4, -0.2) is 51.2 Å². The number of carboxylic acid groups (broad SMARTS) is 4. The molecule has 4 rings (SSSR count). The van der Waals surface area contributed by atoms with E-state index < -0.39 is 23.9 Å². The molecule has 0 aliphatic carbocycles. The number of hydrogen-bond acceptors (Lipinski definition) is 8. The minimum absolute atomic E-state index is 0. The predicted octanol–water partition coefficient (Wildman–Crippen LogP) is 6.75. The number of aromatic carboxylic acids is 4. The van der Waals surface area contributed by atoms with Crippen molar-refractivity contribution in [3.8, 4) is 0 Å². The van der Waals surface area contributed by atoms with Crippen LogP contribution in [0.2, 0.25) is 0 Å². The number of aryl methyl sites for hydroxylation is 4. The van der Waals surface area contributed by atoms with Gasteiger partial charge in [0.2, 0.25) is 0 Å². The van der Waals surface area contributed by atoms with Crippen molar-refractivity contribution in [1.82, 2.24) is 0 Å². The molecule has 0 N–H and O–H groups in total. The van der Waals surface area contributed by atoms with E-state index in [1.807, 2.05) is 48.5 Å². The first-order valence-electron chi connectivity index (χ1n) is 20.2. The van der Waals surface area contributed by atoms with E-state index in [0.29, 0.717) is 22.3 Å². The van der Waals surface area contributed by atoms with Crippen LogP contribution in [0.1, 0.15) is 168 Å². The van der Waals surface area contributed by atoms with Gasteiger partial charge in [-0.2, -0.15) is 0 Å². The molecule has 0 aliphatic heterocycles. The molecule has 4 radical (unpaired) electrons. The van der Waals surface area contributed by atoms with Crippen LogP contribution in [0.4, 0.5) is 0 Å². The van der Waals surface area contributed by atoms with Crippen LogP contribution in [0.3, 0.4) is 0 Å². The van der Waals surface area contributed by atoms with E-state index in [9.17, 15) is 39.6 Å². The molecular weight excluding hydrogens is 912 g/mol. The Bertz CT molecular complexity index is 1480. The van der Waals surface area contributed by atoms with Gasteiger partial charge in [-0.25, -0.2) is 0 Å². The zero-order chi connectivity index (χ0) is 41.6. The van der Waals surface area contributed by atoms with Gasteiger partial charge in [0, 0.05) is 49.6 Å². The first-order valence-corrected chi connectivity index (χ1v) is 20.2. The fraction of sp³-hybridized carbons (Fsp3) is 0.417. The molecule has 57 heavy (non-hydrogen) atoms. The second kappa shape index (κ2) is 32.7. The van der Waals surface area contributed by atoms with Gasteiger partial charge in [0.15, 0.2) is 0 Å². The molecule has 0 spiro atoms. The van der Waals surface area contributed by atoms with Gasteiger partial charge in [-0.15, -0.1) is 0 Å². The van der Waals surface area contributed by atoms with E-state index in [1.54, 1.807) is 48.5 Å². The molecule has 0 saturated heterocycles. The summed E-state index contributed by atoms with van der Waals surface area (Å²) >= 11 is 0. The molecule has 0 amide bonds. The Morgan fingerprint density at radius 3 is 0.667 bits per heavy atom. The van der Waals surface area contributed by atoms with E-state index in [0.717, 1.165) is 125 Å². The number of carbonyl (C=O) groups excluding carboxylic acids is 4. The maximum absolute atomic E-state index is 10.7. The van der Waals surface area contributed by atoms with Crippen molar-refractivity contribution < 1.29 is 39.6 Å². The van der Waals surface area contributed by atoms with E-state index >= 15 is 0 Å². The van der Waals surface area contributed by atoms with Gasteiger partial charge >= 0.3 is 0 Å². The molecule has 4 aromatic rings. The Morgan fingerprint density at radius 1 is 0.333 bits per heavy atom. The summed E-state index contributed by atoms with van der Waals surface area (Å²) in [5.74, 6) is -4.29. The van der Waals surface area contributed by atoms with Crippen LogP contribution in [0.5, 0.6) is 0 Å². The molecule has 0 atom stereocenters. The number of carbonyl (C=O) groups is 4. The SMILES string of the molecule is CCCCCc1ccccc1C(=O)[O-].CCCCCc1ccccc1C(=O)[O-].CCCCCc1ccccc1C(=O)[O-].CCCCCc1ccccc1C(=O)[O-].[Pb]. The van der Waals surface area contributed by atoms with Crippen LogP contribution >= 0.6 is 0 Å². The van der Waals surface area contributed by atoms with Crippen LogP contribution in [0, 0.1) is 0 Å². The van der Waals surface area contributed by atoms with Crippen LogP contribution < -0.4 is 20.4 Å². The minimum Gasteiger partial charge on any atom is -0.545 e. The summed E-state index contributed by atoms with van der Waals surface area (Å²) in [6, 6.07) is 28.3. The standard InChI is InChI=1S/4C12H16O2.Pb/c4*1-2-3-4-7-10-8-5-6-9-11(10)12(13)14;/h4*5-6,8-9H,2-4,7H2,1H3,(H,13,14);/p-4. The van der Waals surface area contributed by atoms with Gasteiger partial charge in [0.05, 0.1) is 23.9 Å². The third kappa shape index (κ3) is 22.3. The number of rotatable bonds is 20. The Hall–Kier alpha value is -4.32. The molecule has 0 saturated carbocycles. The van der Waals surface area contributed by atoms with Gasteiger partial charge < -0.3 is 39.6 Å². The third-order valence-corrected chi connectivity index (χ3v) is 9.15.